The Bertz CT molecular complexity index is 699. The zero-order valence-electron chi connectivity index (χ0n) is 16.8. The summed E-state index contributed by atoms with van der Waals surface area (Å²) in [6.07, 6.45) is 9.98. The van der Waals surface area contributed by atoms with E-state index in [1.807, 2.05) is 27.6 Å². The first kappa shape index (κ1) is 19.2. The molecule has 1 aromatic heterocycles. The molecule has 1 aliphatic carbocycles. The van der Waals surface area contributed by atoms with Crippen LogP contribution >= 0.6 is 0 Å². The predicted octanol–water partition coefficient (Wildman–Crippen LogP) is 1.26. The molecule has 8 heteroatoms. The smallest absolute Gasteiger partial charge is 0.317 e. The van der Waals surface area contributed by atoms with E-state index < -0.39 is 0 Å². The van der Waals surface area contributed by atoms with Gasteiger partial charge in [0.05, 0.1) is 5.92 Å². The second kappa shape index (κ2) is 8.51. The van der Waals surface area contributed by atoms with E-state index >= 15 is 0 Å². The highest BCUT2D eigenvalue weighted by atomic mass is 16.2. The molecule has 28 heavy (non-hydrogen) atoms. The number of carbonyl (C=O) groups excluding carboxylic acids is 2. The Labute approximate surface area is 166 Å². The molecule has 2 N–H and O–H groups in total. The number of nitrogens with one attached hydrogen (secondary N) is 2. The summed E-state index contributed by atoms with van der Waals surface area (Å²) in [5.41, 5.74) is 0. The first-order valence-electron chi connectivity index (χ1n) is 10.7. The zero-order chi connectivity index (χ0) is 19.5. The van der Waals surface area contributed by atoms with E-state index in [4.69, 9.17) is 0 Å². The number of likely N-dealkylation sites (tertiary alicyclic amines) is 1. The molecule has 2 atom stereocenters. The summed E-state index contributed by atoms with van der Waals surface area (Å²) in [6, 6.07) is 0.263. The molecule has 3 fully saturated rings. The molecule has 1 aromatic rings. The van der Waals surface area contributed by atoms with Gasteiger partial charge in [0.2, 0.25) is 5.91 Å². The van der Waals surface area contributed by atoms with Gasteiger partial charge >= 0.3 is 6.03 Å². The Morgan fingerprint density at radius 1 is 1.18 bits per heavy atom. The fourth-order valence-corrected chi connectivity index (χ4v) is 4.83. The number of aryl methyl sites for hydroxylation is 1. The summed E-state index contributed by atoms with van der Waals surface area (Å²) < 4.78 is 1.99. The number of piperidine rings is 1. The van der Waals surface area contributed by atoms with E-state index in [9.17, 15) is 9.59 Å². The summed E-state index contributed by atoms with van der Waals surface area (Å²) in [5.74, 6) is 0.948. The number of carbonyl (C=O) groups is 2. The van der Waals surface area contributed by atoms with Crippen LogP contribution in [0.25, 0.3) is 0 Å². The van der Waals surface area contributed by atoms with Gasteiger partial charge in [-0.2, -0.15) is 0 Å². The van der Waals surface area contributed by atoms with Crippen LogP contribution in [0.1, 0.15) is 50.4 Å². The molecule has 0 spiro atoms. The summed E-state index contributed by atoms with van der Waals surface area (Å²) >= 11 is 0. The van der Waals surface area contributed by atoms with E-state index in [2.05, 4.69) is 15.6 Å². The van der Waals surface area contributed by atoms with Gasteiger partial charge in [0.1, 0.15) is 11.9 Å². The van der Waals surface area contributed by atoms with E-state index in [0.29, 0.717) is 19.1 Å². The van der Waals surface area contributed by atoms with Crippen LogP contribution in [-0.4, -0.2) is 70.1 Å². The first-order valence-corrected chi connectivity index (χ1v) is 10.7. The first-order chi connectivity index (χ1) is 13.6. The SMILES string of the molecule is Cn1ccnc1C1CNCCN1C(=O)C1CCCN(C(=O)NC2CCCC2)C1. The van der Waals surface area contributed by atoms with Crippen molar-refractivity contribution in [2.75, 3.05) is 32.7 Å². The lowest BCUT2D eigenvalue weighted by molar-refractivity contribution is -0.140. The second-order valence-electron chi connectivity index (χ2n) is 8.36. The minimum Gasteiger partial charge on any atom is -0.336 e. The van der Waals surface area contributed by atoms with E-state index in [1.54, 1.807) is 6.20 Å². The van der Waals surface area contributed by atoms with Crippen molar-refractivity contribution in [3.8, 4) is 0 Å². The highest BCUT2D eigenvalue weighted by Gasteiger charge is 2.37. The van der Waals surface area contributed by atoms with Crippen molar-refractivity contribution in [2.24, 2.45) is 13.0 Å². The van der Waals surface area contributed by atoms with Crippen LogP contribution in [0.5, 0.6) is 0 Å². The molecule has 1 saturated carbocycles. The Morgan fingerprint density at radius 2 is 2.00 bits per heavy atom. The summed E-state index contributed by atoms with van der Waals surface area (Å²) in [6.45, 7) is 3.46. The molecular weight excluding hydrogens is 356 g/mol. The standard InChI is InChI=1S/C20H32N6O2/c1-24-11-9-22-18(24)17-13-21-8-12-26(17)19(27)15-5-4-10-25(14-15)20(28)23-16-6-2-3-7-16/h9,11,15-17,21H,2-8,10,12-14H2,1H3,(H,23,28). The molecule has 154 valence electrons. The third-order valence-electron chi connectivity index (χ3n) is 6.42. The van der Waals surface area contributed by atoms with Gasteiger partial charge in [-0.1, -0.05) is 12.8 Å². The van der Waals surface area contributed by atoms with Gasteiger partial charge in [0, 0.05) is 58.2 Å². The molecule has 2 aliphatic heterocycles. The maximum Gasteiger partial charge on any atom is 0.317 e. The van der Waals surface area contributed by atoms with Gasteiger partial charge < -0.3 is 25.0 Å². The van der Waals surface area contributed by atoms with Crippen LogP contribution < -0.4 is 10.6 Å². The minimum absolute atomic E-state index is 0.00496. The predicted molar refractivity (Wildman–Crippen MR) is 106 cm³/mol. The van der Waals surface area contributed by atoms with Gasteiger partial charge in [-0.05, 0) is 25.7 Å². The molecule has 3 amide bonds. The lowest BCUT2D eigenvalue weighted by Crippen LogP contribution is -2.55. The number of hydrogen-bond acceptors (Lipinski definition) is 4. The van der Waals surface area contributed by atoms with Crippen LogP contribution in [0.15, 0.2) is 12.4 Å². The van der Waals surface area contributed by atoms with E-state index in [0.717, 1.165) is 51.1 Å². The summed E-state index contributed by atoms with van der Waals surface area (Å²) in [5, 5.41) is 6.55. The maximum atomic E-state index is 13.4. The molecule has 8 nitrogen and oxygen atoms in total. The Kier molecular flexibility index (Phi) is 5.85. The van der Waals surface area contributed by atoms with Crippen LogP contribution in [0.4, 0.5) is 4.79 Å². The van der Waals surface area contributed by atoms with Crippen molar-refractivity contribution in [3.63, 3.8) is 0 Å². The van der Waals surface area contributed by atoms with Crippen molar-refractivity contribution in [1.29, 1.82) is 0 Å². The largest absolute Gasteiger partial charge is 0.336 e. The monoisotopic (exact) mass is 388 g/mol. The van der Waals surface area contributed by atoms with Gasteiger partial charge in [0.25, 0.3) is 0 Å². The highest BCUT2D eigenvalue weighted by Crippen LogP contribution is 2.26. The molecule has 2 unspecified atom stereocenters. The zero-order valence-corrected chi connectivity index (χ0v) is 16.8. The Balaban J connectivity index is 1.41. The van der Waals surface area contributed by atoms with Crippen molar-refractivity contribution in [3.05, 3.63) is 18.2 Å². The normalized spacial score (nSPS) is 26.5. The van der Waals surface area contributed by atoms with Crippen molar-refractivity contribution < 1.29 is 9.59 Å². The lowest BCUT2D eigenvalue weighted by atomic mass is 9.95. The van der Waals surface area contributed by atoms with E-state index in [1.165, 1.54) is 12.8 Å². The Morgan fingerprint density at radius 3 is 2.75 bits per heavy atom. The van der Waals surface area contributed by atoms with Gasteiger partial charge in [-0.15, -0.1) is 0 Å². The third kappa shape index (κ3) is 4.01. The molecule has 4 rings (SSSR count). The van der Waals surface area contributed by atoms with Crippen molar-refractivity contribution in [1.82, 2.24) is 30.0 Å². The number of hydrogen-bond donors (Lipinski definition) is 2. The molecule has 0 radical (unpaired) electrons. The van der Waals surface area contributed by atoms with Gasteiger partial charge in [0.15, 0.2) is 0 Å². The highest BCUT2D eigenvalue weighted by molar-refractivity contribution is 5.81. The topological polar surface area (TPSA) is 82.5 Å². The number of nitrogens with zero attached hydrogens (tertiary/aromatic N) is 4. The lowest BCUT2D eigenvalue weighted by Gasteiger charge is -2.40. The average Bonchev–Trinajstić information content (AvgIpc) is 3.39. The van der Waals surface area contributed by atoms with Crippen LogP contribution in [0.3, 0.4) is 0 Å². The molecule has 2 saturated heterocycles. The molecule has 3 heterocycles. The fraction of sp³-hybridized carbons (Fsp3) is 0.750. The molecule has 3 aliphatic rings. The number of urea groups is 1. The number of piperazine rings is 1. The summed E-state index contributed by atoms with van der Waals surface area (Å²) in [7, 11) is 1.97. The van der Waals surface area contributed by atoms with Crippen molar-refractivity contribution >= 4 is 11.9 Å². The average molecular weight is 389 g/mol. The molecule has 0 aromatic carbocycles. The number of rotatable bonds is 3. The molecular formula is C20H32N6O2. The quantitative estimate of drug-likeness (QED) is 0.817. The maximum absolute atomic E-state index is 13.4. The van der Waals surface area contributed by atoms with Crippen LogP contribution in [-0.2, 0) is 11.8 Å². The van der Waals surface area contributed by atoms with Gasteiger partial charge in [-0.3, -0.25) is 4.79 Å². The van der Waals surface area contributed by atoms with Crippen LogP contribution in [0, 0.1) is 5.92 Å². The van der Waals surface area contributed by atoms with Crippen LogP contribution in [0.2, 0.25) is 0 Å². The summed E-state index contributed by atoms with van der Waals surface area (Å²) in [4.78, 5) is 34.3. The number of amides is 3. The fourth-order valence-electron chi connectivity index (χ4n) is 4.83. The minimum atomic E-state index is -0.121. The molecule has 0 bridgehead atoms. The van der Waals surface area contributed by atoms with Gasteiger partial charge in [-0.25, -0.2) is 9.78 Å². The number of aromatic nitrogens is 2. The Hall–Kier alpha value is -2.09. The third-order valence-corrected chi connectivity index (χ3v) is 6.42. The number of imidazole rings is 1. The second-order valence-corrected chi connectivity index (χ2v) is 8.36. The van der Waals surface area contributed by atoms with E-state index in [-0.39, 0.29) is 23.9 Å². The van der Waals surface area contributed by atoms with Crippen molar-refractivity contribution in [2.45, 2.75) is 50.6 Å².